The number of unbranched alkanes of at least 4 members (excludes halogenated alkanes) is 2. The van der Waals surface area contributed by atoms with Crippen molar-refractivity contribution in [1.82, 2.24) is 5.32 Å². The van der Waals surface area contributed by atoms with Crippen molar-refractivity contribution in [1.29, 1.82) is 0 Å². The maximum absolute atomic E-state index is 10.8. The molecule has 0 aliphatic rings. The van der Waals surface area contributed by atoms with E-state index in [-0.39, 0.29) is 12.5 Å². The van der Waals surface area contributed by atoms with Gasteiger partial charge in [0, 0.05) is 11.5 Å². The standard InChI is InChI=1S/C7H14N4O/c1-2-3-4-5-9-7(12)6-10-11-8/h2-6H2,1H3,(H,9,12). The highest BCUT2D eigenvalue weighted by Gasteiger charge is 1.95. The highest BCUT2D eigenvalue weighted by atomic mass is 16.1. The Hall–Kier alpha value is -1.22. The van der Waals surface area contributed by atoms with Gasteiger partial charge >= 0.3 is 0 Å². The average molecular weight is 170 g/mol. The molecule has 0 rings (SSSR count). The van der Waals surface area contributed by atoms with Crippen LogP contribution in [-0.2, 0) is 4.79 Å². The molecule has 0 aliphatic heterocycles. The summed E-state index contributed by atoms with van der Waals surface area (Å²) in [6.07, 6.45) is 3.23. The van der Waals surface area contributed by atoms with E-state index in [2.05, 4.69) is 22.3 Å². The first-order chi connectivity index (χ1) is 5.81. The van der Waals surface area contributed by atoms with Crippen molar-refractivity contribution in [3.05, 3.63) is 10.4 Å². The van der Waals surface area contributed by atoms with Crippen LogP contribution in [0, 0.1) is 0 Å². The monoisotopic (exact) mass is 170 g/mol. The summed E-state index contributed by atoms with van der Waals surface area (Å²) >= 11 is 0. The van der Waals surface area contributed by atoms with Crippen LogP contribution in [0.1, 0.15) is 26.2 Å². The van der Waals surface area contributed by atoms with Crippen LogP contribution >= 0.6 is 0 Å². The van der Waals surface area contributed by atoms with E-state index in [0.29, 0.717) is 6.54 Å². The summed E-state index contributed by atoms with van der Waals surface area (Å²) < 4.78 is 0. The molecule has 5 nitrogen and oxygen atoms in total. The minimum Gasteiger partial charge on any atom is -0.356 e. The van der Waals surface area contributed by atoms with Crippen molar-refractivity contribution in [2.24, 2.45) is 5.11 Å². The van der Waals surface area contributed by atoms with Crippen LogP contribution in [0.2, 0.25) is 0 Å². The third-order valence-corrected chi connectivity index (χ3v) is 1.38. The Morgan fingerprint density at radius 3 is 2.92 bits per heavy atom. The number of hydrogen-bond acceptors (Lipinski definition) is 2. The zero-order valence-corrected chi connectivity index (χ0v) is 7.29. The SMILES string of the molecule is CCCCCNC(=O)CN=[N+]=[N-]. The molecule has 0 aromatic rings. The predicted octanol–water partition coefficient (Wildman–Crippen LogP) is 1.60. The lowest BCUT2D eigenvalue weighted by molar-refractivity contribution is -0.119. The van der Waals surface area contributed by atoms with Crippen LogP contribution in [-0.4, -0.2) is 19.0 Å². The molecule has 12 heavy (non-hydrogen) atoms. The Bertz CT molecular complexity index is 174. The van der Waals surface area contributed by atoms with Crippen molar-refractivity contribution < 1.29 is 4.79 Å². The van der Waals surface area contributed by atoms with Crippen molar-refractivity contribution in [2.45, 2.75) is 26.2 Å². The predicted molar refractivity (Wildman–Crippen MR) is 46.5 cm³/mol. The molecule has 0 atom stereocenters. The van der Waals surface area contributed by atoms with E-state index in [9.17, 15) is 4.79 Å². The first-order valence-corrected chi connectivity index (χ1v) is 4.08. The Kier molecular flexibility index (Phi) is 7.08. The molecule has 0 unspecified atom stereocenters. The third-order valence-electron chi connectivity index (χ3n) is 1.38. The molecule has 0 spiro atoms. The smallest absolute Gasteiger partial charge is 0.225 e. The van der Waals surface area contributed by atoms with Crippen LogP contribution in [0.15, 0.2) is 5.11 Å². The number of nitrogens with one attached hydrogen (secondary N) is 1. The van der Waals surface area contributed by atoms with Gasteiger partial charge < -0.3 is 5.32 Å². The van der Waals surface area contributed by atoms with E-state index in [4.69, 9.17) is 5.53 Å². The Balaban J connectivity index is 3.25. The molecule has 0 saturated carbocycles. The minimum atomic E-state index is -0.205. The van der Waals surface area contributed by atoms with Gasteiger partial charge in [0.25, 0.3) is 0 Å². The van der Waals surface area contributed by atoms with Crippen molar-refractivity contribution in [3.63, 3.8) is 0 Å². The molecule has 0 aromatic carbocycles. The van der Waals surface area contributed by atoms with Gasteiger partial charge in [-0.2, -0.15) is 0 Å². The summed E-state index contributed by atoms with van der Waals surface area (Å²) in [5, 5.41) is 5.79. The summed E-state index contributed by atoms with van der Waals surface area (Å²) in [5.74, 6) is -0.205. The molecule has 1 amide bonds. The van der Waals surface area contributed by atoms with Gasteiger partial charge in [-0.3, -0.25) is 4.79 Å². The van der Waals surface area contributed by atoms with Gasteiger partial charge in [-0.05, 0) is 12.0 Å². The molecule has 0 radical (unpaired) electrons. The third kappa shape index (κ3) is 6.89. The maximum atomic E-state index is 10.8. The number of carbonyl (C=O) groups excluding carboxylic acids is 1. The Morgan fingerprint density at radius 1 is 1.58 bits per heavy atom. The number of carbonyl (C=O) groups is 1. The molecule has 0 fully saturated rings. The van der Waals surface area contributed by atoms with E-state index in [0.717, 1.165) is 19.3 Å². The zero-order valence-electron chi connectivity index (χ0n) is 7.29. The van der Waals surface area contributed by atoms with E-state index in [1.807, 2.05) is 0 Å². The van der Waals surface area contributed by atoms with E-state index < -0.39 is 0 Å². The van der Waals surface area contributed by atoms with Gasteiger partial charge in [0.2, 0.25) is 5.91 Å². The number of nitrogens with zero attached hydrogens (tertiary/aromatic N) is 3. The van der Waals surface area contributed by atoms with E-state index >= 15 is 0 Å². The summed E-state index contributed by atoms with van der Waals surface area (Å²) in [5.41, 5.74) is 7.90. The fourth-order valence-corrected chi connectivity index (χ4v) is 0.755. The number of rotatable bonds is 6. The largest absolute Gasteiger partial charge is 0.356 e. The first kappa shape index (κ1) is 10.8. The second-order valence-corrected chi connectivity index (χ2v) is 2.45. The Morgan fingerprint density at radius 2 is 2.33 bits per heavy atom. The average Bonchev–Trinajstić information content (AvgIpc) is 2.09. The van der Waals surface area contributed by atoms with Crippen LogP contribution in [0.5, 0.6) is 0 Å². The molecular formula is C7H14N4O. The van der Waals surface area contributed by atoms with Crippen molar-refractivity contribution >= 4 is 5.91 Å². The fourth-order valence-electron chi connectivity index (χ4n) is 0.755. The van der Waals surface area contributed by atoms with Crippen LogP contribution in [0.3, 0.4) is 0 Å². The normalized spacial score (nSPS) is 8.75. The van der Waals surface area contributed by atoms with Crippen LogP contribution in [0.4, 0.5) is 0 Å². The highest BCUT2D eigenvalue weighted by Crippen LogP contribution is 1.90. The van der Waals surface area contributed by atoms with Gasteiger partial charge in [-0.15, -0.1) is 0 Å². The van der Waals surface area contributed by atoms with Gasteiger partial charge in [0.1, 0.15) is 6.54 Å². The molecule has 0 aromatic heterocycles. The van der Waals surface area contributed by atoms with Gasteiger partial charge in [-0.1, -0.05) is 24.9 Å². The molecule has 0 heterocycles. The van der Waals surface area contributed by atoms with Gasteiger partial charge in [-0.25, -0.2) is 0 Å². The molecule has 0 bridgehead atoms. The van der Waals surface area contributed by atoms with Gasteiger partial charge in [0.15, 0.2) is 0 Å². The molecule has 68 valence electrons. The second-order valence-electron chi connectivity index (χ2n) is 2.45. The van der Waals surface area contributed by atoms with Gasteiger partial charge in [0.05, 0.1) is 0 Å². The highest BCUT2D eigenvalue weighted by molar-refractivity contribution is 5.77. The summed E-state index contributed by atoms with van der Waals surface area (Å²) in [6.45, 7) is 2.68. The summed E-state index contributed by atoms with van der Waals surface area (Å²) in [6, 6.07) is 0. The molecule has 0 saturated heterocycles. The van der Waals surface area contributed by atoms with Crippen molar-refractivity contribution in [3.8, 4) is 0 Å². The molecule has 1 N–H and O–H groups in total. The summed E-state index contributed by atoms with van der Waals surface area (Å²) in [7, 11) is 0. The van der Waals surface area contributed by atoms with E-state index in [1.165, 1.54) is 0 Å². The number of amides is 1. The van der Waals surface area contributed by atoms with Crippen molar-refractivity contribution in [2.75, 3.05) is 13.1 Å². The molecule has 5 heteroatoms. The lowest BCUT2D eigenvalue weighted by atomic mass is 10.2. The topological polar surface area (TPSA) is 77.9 Å². The van der Waals surface area contributed by atoms with Crippen LogP contribution in [0.25, 0.3) is 10.4 Å². The number of hydrogen-bond donors (Lipinski definition) is 1. The minimum absolute atomic E-state index is 0.0946. The van der Waals surface area contributed by atoms with Crippen LogP contribution < -0.4 is 5.32 Å². The molecule has 0 aliphatic carbocycles. The second kappa shape index (κ2) is 7.88. The number of azide groups is 1. The summed E-state index contributed by atoms with van der Waals surface area (Å²) in [4.78, 5) is 13.3. The fraction of sp³-hybridized carbons (Fsp3) is 0.857. The first-order valence-electron chi connectivity index (χ1n) is 4.08. The Labute approximate surface area is 71.8 Å². The lowest BCUT2D eigenvalue weighted by Gasteiger charge is -2.00. The zero-order chi connectivity index (χ0) is 9.23. The molecular weight excluding hydrogens is 156 g/mol. The van der Waals surface area contributed by atoms with E-state index in [1.54, 1.807) is 0 Å². The lowest BCUT2D eigenvalue weighted by Crippen LogP contribution is -2.26. The quantitative estimate of drug-likeness (QED) is 0.279. The maximum Gasteiger partial charge on any atom is 0.225 e.